The van der Waals surface area contributed by atoms with Crippen LogP contribution < -0.4 is 16.0 Å². The summed E-state index contributed by atoms with van der Waals surface area (Å²) in [5.74, 6) is -0.377. The fraction of sp³-hybridized carbons (Fsp3) is 0.120. The van der Waals surface area contributed by atoms with E-state index in [9.17, 15) is 4.79 Å². The van der Waals surface area contributed by atoms with Gasteiger partial charge >= 0.3 is 0 Å². The van der Waals surface area contributed by atoms with E-state index in [2.05, 4.69) is 33.1 Å². The first-order valence-electron chi connectivity index (χ1n) is 10.2. The quantitative estimate of drug-likeness (QED) is 0.280. The van der Waals surface area contributed by atoms with E-state index in [1.807, 2.05) is 42.5 Å². The number of anilines is 2. The molecule has 0 fully saturated rings. The van der Waals surface area contributed by atoms with Crippen LogP contribution in [0.5, 0.6) is 0 Å². The van der Waals surface area contributed by atoms with Gasteiger partial charge in [-0.15, -0.1) is 0 Å². The van der Waals surface area contributed by atoms with E-state index < -0.39 is 0 Å². The molecule has 0 aliphatic carbocycles. The van der Waals surface area contributed by atoms with Gasteiger partial charge in [-0.25, -0.2) is 0 Å². The molecule has 5 nitrogen and oxygen atoms in total. The van der Waals surface area contributed by atoms with E-state index in [0.29, 0.717) is 21.2 Å². The Balaban J connectivity index is 1.45. The monoisotopic (exact) mass is 464 g/mol. The summed E-state index contributed by atoms with van der Waals surface area (Å²) in [5, 5.41) is 11.3. The Bertz CT molecular complexity index is 1210. The molecule has 0 radical (unpaired) electrons. The van der Waals surface area contributed by atoms with E-state index in [1.54, 1.807) is 24.4 Å². The summed E-state index contributed by atoms with van der Waals surface area (Å²) >= 11 is 12.4. The Labute approximate surface area is 196 Å². The van der Waals surface area contributed by atoms with E-state index in [4.69, 9.17) is 23.2 Å². The predicted octanol–water partition coefficient (Wildman–Crippen LogP) is 6.00. The van der Waals surface area contributed by atoms with Gasteiger partial charge in [0, 0.05) is 36.9 Å². The number of hydrogen-bond acceptors (Lipinski definition) is 4. The Morgan fingerprint density at radius 1 is 0.812 bits per heavy atom. The second-order valence-corrected chi connectivity index (χ2v) is 8.01. The molecule has 7 heteroatoms. The molecule has 0 aliphatic rings. The van der Waals surface area contributed by atoms with E-state index >= 15 is 0 Å². The largest absolute Gasteiger partial charge is 0.383 e. The van der Waals surface area contributed by atoms with Gasteiger partial charge in [-0.05, 0) is 29.8 Å². The van der Waals surface area contributed by atoms with Crippen LogP contribution in [0.3, 0.4) is 0 Å². The first kappa shape index (κ1) is 22.1. The van der Waals surface area contributed by atoms with Crippen molar-refractivity contribution in [3.63, 3.8) is 0 Å². The Morgan fingerprint density at radius 2 is 1.56 bits per heavy atom. The number of halogens is 2. The van der Waals surface area contributed by atoms with Crippen molar-refractivity contribution in [3.05, 3.63) is 100 Å². The van der Waals surface area contributed by atoms with Gasteiger partial charge in [0.25, 0.3) is 5.91 Å². The van der Waals surface area contributed by atoms with Crippen molar-refractivity contribution in [2.75, 3.05) is 23.7 Å². The summed E-state index contributed by atoms with van der Waals surface area (Å²) in [6.07, 6.45) is 1.72. The molecule has 4 rings (SSSR count). The fourth-order valence-electron chi connectivity index (χ4n) is 3.44. The molecule has 0 bridgehead atoms. The molecule has 0 saturated heterocycles. The molecule has 1 heterocycles. The highest BCUT2D eigenvalue weighted by atomic mass is 35.5. The average molecular weight is 465 g/mol. The highest BCUT2D eigenvalue weighted by Gasteiger charge is 2.16. The molecule has 0 atom stereocenters. The van der Waals surface area contributed by atoms with Crippen LogP contribution in [-0.4, -0.2) is 24.0 Å². The number of hydrogen-bond donors (Lipinski definition) is 3. The van der Waals surface area contributed by atoms with Crippen molar-refractivity contribution in [3.8, 4) is 0 Å². The smallest absolute Gasteiger partial charge is 0.258 e. The summed E-state index contributed by atoms with van der Waals surface area (Å²) in [7, 11) is 0. The van der Waals surface area contributed by atoms with Crippen molar-refractivity contribution in [2.45, 2.75) is 6.54 Å². The van der Waals surface area contributed by atoms with E-state index in [-0.39, 0.29) is 11.5 Å². The lowest BCUT2D eigenvalue weighted by Gasteiger charge is -2.13. The normalized spacial score (nSPS) is 10.8. The second kappa shape index (κ2) is 10.5. The van der Waals surface area contributed by atoms with Gasteiger partial charge < -0.3 is 16.0 Å². The second-order valence-electron chi connectivity index (χ2n) is 7.20. The summed E-state index contributed by atoms with van der Waals surface area (Å²) in [4.78, 5) is 17.3. The number of carbonyl (C=O) groups is 1. The minimum atomic E-state index is -0.377. The lowest BCUT2D eigenvalue weighted by Crippen LogP contribution is -2.21. The van der Waals surface area contributed by atoms with Crippen molar-refractivity contribution in [1.29, 1.82) is 0 Å². The summed E-state index contributed by atoms with van der Waals surface area (Å²) in [6, 6.07) is 22.8. The third kappa shape index (κ3) is 5.19. The lowest BCUT2D eigenvalue weighted by atomic mass is 10.1. The van der Waals surface area contributed by atoms with Crippen molar-refractivity contribution >= 4 is 51.4 Å². The van der Waals surface area contributed by atoms with E-state index in [0.717, 1.165) is 30.7 Å². The minimum Gasteiger partial charge on any atom is -0.383 e. The van der Waals surface area contributed by atoms with Crippen LogP contribution in [0.15, 0.2) is 79.0 Å². The van der Waals surface area contributed by atoms with Gasteiger partial charge in [0.2, 0.25) is 0 Å². The van der Waals surface area contributed by atoms with Crippen LogP contribution in [0.25, 0.3) is 10.9 Å². The zero-order valence-electron chi connectivity index (χ0n) is 17.2. The summed E-state index contributed by atoms with van der Waals surface area (Å²) in [6.45, 7) is 2.37. The molecule has 0 unspecified atom stereocenters. The first-order valence-corrected chi connectivity index (χ1v) is 11.0. The average Bonchev–Trinajstić information content (AvgIpc) is 2.80. The fourth-order valence-corrected chi connectivity index (χ4v) is 4.01. The maximum Gasteiger partial charge on any atom is 0.258 e. The van der Waals surface area contributed by atoms with Crippen molar-refractivity contribution in [1.82, 2.24) is 10.3 Å². The molecule has 1 amide bonds. The number of rotatable bonds is 8. The Kier molecular flexibility index (Phi) is 7.22. The number of aromatic nitrogens is 1. The van der Waals surface area contributed by atoms with Crippen LogP contribution >= 0.6 is 23.2 Å². The number of fused-ring (bicyclic) bond motifs is 1. The van der Waals surface area contributed by atoms with Gasteiger partial charge in [-0.1, -0.05) is 71.7 Å². The number of carbonyl (C=O) groups excluding carboxylic acids is 1. The molecule has 32 heavy (non-hydrogen) atoms. The Hall–Kier alpha value is -3.12. The maximum atomic E-state index is 12.8. The highest BCUT2D eigenvalue weighted by Crippen LogP contribution is 2.29. The molecule has 3 aromatic carbocycles. The molecular formula is C25H22Cl2N4O. The lowest BCUT2D eigenvalue weighted by molar-refractivity contribution is 0.102. The first-order chi connectivity index (χ1) is 15.6. The maximum absolute atomic E-state index is 12.8. The third-order valence-corrected chi connectivity index (χ3v) is 5.63. The van der Waals surface area contributed by atoms with Crippen LogP contribution in [-0.2, 0) is 6.54 Å². The zero-order chi connectivity index (χ0) is 22.3. The van der Waals surface area contributed by atoms with Crippen LogP contribution in [0.1, 0.15) is 15.9 Å². The highest BCUT2D eigenvalue weighted by molar-refractivity contribution is 6.40. The molecular weight excluding hydrogens is 443 g/mol. The van der Waals surface area contributed by atoms with Crippen LogP contribution in [0.2, 0.25) is 10.0 Å². The number of benzene rings is 3. The molecule has 0 spiro atoms. The standard InChI is InChI=1S/C25H22Cl2N4O/c26-19-9-5-10-20(27)23(19)25(32)31-22-11-4-8-18-21(12-13-30-24(18)22)29-15-14-28-16-17-6-2-1-3-7-17/h1-13,28H,14-16H2,(H,29,30)(H,31,32). The van der Waals surface area contributed by atoms with Gasteiger partial charge in [-0.2, -0.15) is 0 Å². The molecule has 4 aromatic rings. The zero-order valence-corrected chi connectivity index (χ0v) is 18.8. The SMILES string of the molecule is O=C(Nc1cccc2c(NCCNCc3ccccc3)ccnc12)c1c(Cl)cccc1Cl. The van der Waals surface area contributed by atoms with E-state index in [1.165, 1.54) is 5.56 Å². The summed E-state index contributed by atoms with van der Waals surface area (Å²) in [5.41, 5.74) is 3.72. The molecule has 0 aliphatic heterocycles. The van der Waals surface area contributed by atoms with Gasteiger partial charge in [0.05, 0.1) is 26.8 Å². The van der Waals surface area contributed by atoms with Crippen LogP contribution in [0.4, 0.5) is 11.4 Å². The minimum absolute atomic E-state index is 0.242. The number of nitrogens with one attached hydrogen (secondary N) is 3. The van der Waals surface area contributed by atoms with Gasteiger partial charge in [0.15, 0.2) is 0 Å². The molecule has 0 saturated carbocycles. The van der Waals surface area contributed by atoms with Crippen LogP contribution in [0, 0.1) is 0 Å². The number of amides is 1. The number of pyridine rings is 1. The van der Waals surface area contributed by atoms with Crippen molar-refractivity contribution in [2.24, 2.45) is 0 Å². The topological polar surface area (TPSA) is 66.1 Å². The van der Waals surface area contributed by atoms with Gasteiger partial charge in [-0.3, -0.25) is 9.78 Å². The molecule has 3 N–H and O–H groups in total. The molecule has 1 aromatic heterocycles. The summed E-state index contributed by atoms with van der Waals surface area (Å²) < 4.78 is 0. The third-order valence-electron chi connectivity index (χ3n) is 5.00. The van der Waals surface area contributed by atoms with Gasteiger partial charge in [0.1, 0.15) is 0 Å². The number of para-hydroxylation sites is 1. The Morgan fingerprint density at radius 3 is 2.34 bits per heavy atom. The van der Waals surface area contributed by atoms with Crippen molar-refractivity contribution < 1.29 is 4.79 Å². The predicted molar refractivity (Wildman–Crippen MR) is 133 cm³/mol. The number of nitrogens with zero attached hydrogens (tertiary/aromatic N) is 1. The molecule has 162 valence electrons.